The molecular formula is C30H45NO7. The van der Waals surface area contributed by atoms with Crippen molar-refractivity contribution in [2.24, 2.45) is 46.3 Å². The second-order valence-corrected chi connectivity index (χ2v) is 12.4. The predicted molar refractivity (Wildman–Crippen MR) is 140 cm³/mol. The lowest BCUT2D eigenvalue weighted by atomic mass is 9.44. The highest BCUT2D eigenvalue weighted by Crippen LogP contribution is 2.68. The maximum Gasteiger partial charge on any atom is 0.305 e. The molecule has 38 heavy (non-hydrogen) atoms. The van der Waals surface area contributed by atoms with Crippen molar-refractivity contribution in [3.63, 3.8) is 0 Å². The van der Waals surface area contributed by atoms with Gasteiger partial charge in [-0.3, -0.25) is 4.79 Å². The van der Waals surface area contributed by atoms with Crippen LogP contribution >= 0.6 is 0 Å². The predicted octanol–water partition coefficient (Wildman–Crippen LogP) is 5.02. The minimum absolute atomic E-state index is 0.0226. The number of Topliss-reactive ketones (excluding diaryl/α,β-unsaturated/α-hetero) is 1. The standard InChI is InChI=1S/C30H45NO7/c1-18(8-11-27(33)36-7)20-9-10-21-28-22(14-26(30(20,21)3)38-17-35-6)29(2)15-23(31-4)24(32)12-19(29)13-25(28)37-16-34-5/h15,18-22,25-26,28H,8-14,16-17H2,1-3,5-7H3/t18-,19+,20-,21+,22+,25-,26+,28+,29+,30-/m1/s1. The summed E-state index contributed by atoms with van der Waals surface area (Å²) in [5, 5.41) is 0. The Morgan fingerprint density at radius 3 is 2.47 bits per heavy atom. The number of allylic oxidation sites excluding steroid dienone is 2. The van der Waals surface area contributed by atoms with Crippen molar-refractivity contribution in [2.45, 2.75) is 77.9 Å². The fraction of sp³-hybridized carbons (Fsp3) is 0.833. The van der Waals surface area contributed by atoms with Crippen LogP contribution in [0, 0.1) is 52.9 Å². The van der Waals surface area contributed by atoms with Gasteiger partial charge in [-0.15, -0.1) is 0 Å². The van der Waals surface area contributed by atoms with E-state index in [1.807, 2.05) is 6.08 Å². The summed E-state index contributed by atoms with van der Waals surface area (Å²) in [4.78, 5) is 28.3. The van der Waals surface area contributed by atoms with E-state index in [0.717, 1.165) is 32.1 Å². The van der Waals surface area contributed by atoms with Crippen LogP contribution < -0.4 is 0 Å². The number of nitrogens with zero attached hydrogens (tertiary/aromatic N) is 1. The Labute approximate surface area is 227 Å². The largest absolute Gasteiger partial charge is 0.469 e. The van der Waals surface area contributed by atoms with Gasteiger partial charge in [0.15, 0.2) is 5.78 Å². The van der Waals surface area contributed by atoms with E-state index in [2.05, 4.69) is 25.6 Å². The number of hydrogen-bond acceptors (Lipinski definition) is 7. The summed E-state index contributed by atoms with van der Waals surface area (Å²) in [6.45, 7) is 15.0. The summed E-state index contributed by atoms with van der Waals surface area (Å²) >= 11 is 0. The maximum absolute atomic E-state index is 12.8. The Hall–Kier alpha value is -1.79. The van der Waals surface area contributed by atoms with Gasteiger partial charge in [-0.05, 0) is 73.0 Å². The molecular weight excluding hydrogens is 486 g/mol. The molecule has 3 saturated carbocycles. The Morgan fingerprint density at radius 2 is 1.82 bits per heavy atom. The fourth-order valence-electron chi connectivity index (χ4n) is 9.05. The molecule has 0 aromatic carbocycles. The van der Waals surface area contributed by atoms with E-state index in [9.17, 15) is 9.59 Å². The highest BCUT2D eigenvalue weighted by Gasteiger charge is 2.66. The van der Waals surface area contributed by atoms with Crippen LogP contribution in [0.15, 0.2) is 11.8 Å². The number of rotatable bonds is 10. The van der Waals surface area contributed by atoms with Crippen molar-refractivity contribution in [1.29, 1.82) is 0 Å². The molecule has 4 aliphatic rings. The van der Waals surface area contributed by atoms with Crippen molar-refractivity contribution in [1.82, 2.24) is 0 Å². The number of hydrogen-bond donors (Lipinski definition) is 0. The zero-order valence-corrected chi connectivity index (χ0v) is 23.9. The number of fused-ring (bicyclic) bond motifs is 5. The minimum Gasteiger partial charge on any atom is -0.469 e. The molecule has 0 aliphatic heterocycles. The quantitative estimate of drug-likeness (QED) is 0.222. The molecule has 0 saturated heterocycles. The number of carbonyl (C=O) groups is 2. The fourth-order valence-corrected chi connectivity index (χ4v) is 9.05. The van der Waals surface area contributed by atoms with Gasteiger partial charge in [-0.25, -0.2) is 4.85 Å². The molecule has 0 radical (unpaired) electrons. The van der Waals surface area contributed by atoms with Crippen LogP contribution in [0.5, 0.6) is 0 Å². The molecule has 3 fully saturated rings. The first-order valence-corrected chi connectivity index (χ1v) is 14.1. The normalized spacial score (nSPS) is 40.8. The lowest BCUT2D eigenvalue weighted by Gasteiger charge is -2.63. The van der Waals surface area contributed by atoms with E-state index in [1.165, 1.54) is 7.11 Å². The molecule has 8 nitrogen and oxygen atoms in total. The maximum atomic E-state index is 12.8. The molecule has 8 heteroatoms. The summed E-state index contributed by atoms with van der Waals surface area (Å²) in [5.74, 6) is 1.42. The Morgan fingerprint density at radius 1 is 1.11 bits per heavy atom. The van der Waals surface area contributed by atoms with Crippen molar-refractivity contribution in [2.75, 3.05) is 34.9 Å². The van der Waals surface area contributed by atoms with Gasteiger partial charge >= 0.3 is 5.97 Å². The number of esters is 1. The van der Waals surface area contributed by atoms with E-state index in [1.54, 1.807) is 14.2 Å². The summed E-state index contributed by atoms with van der Waals surface area (Å²) in [7, 11) is 4.74. The van der Waals surface area contributed by atoms with Crippen LogP contribution in [0.4, 0.5) is 0 Å². The molecule has 0 N–H and O–H groups in total. The van der Waals surface area contributed by atoms with Crippen LogP contribution in [0.3, 0.4) is 0 Å². The zero-order chi connectivity index (χ0) is 27.7. The third-order valence-electron chi connectivity index (χ3n) is 10.9. The summed E-state index contributed by atoms with van der Waals surface area (Å²) in [5.41, 5.74) is -0.123. The molecule has 4 rings (SSSR count). The smallest absolute Gasteiger partial charge is 0.305 e. The van der Waals surface area contributed by atoms with E-state index >= 15 is 0 Å². The van der Waals surface area contributed by atoms with Gasteiger partial charge < -0.3 is 28.5 Å². The van der Waals surface area contributed by atoms with E-state index in [0.29, 0.717) is 30.6 Å². The third kappa shape index (κ3) is 4.96. The first-order valence-electron chi connectivity index (χ1n) is 14.1. The number of methoxy groups -OCH3 is 3. The van der Waals surface area contributed by atoms with E-state index in [4.69, 9.17) is 30.3 Å². The van der Waals surface area contributed by atoms with Gasteiger partial charge in [0, 0.05) is 32.5 Å². The molecule has 0 unspecified atom stereocenters. The number of ketones is 1. The molecule has 0 amide bonds. The third-order valence-corrected chi connectivity index (χ3v) is 10.9. The number of carbonyl (C=O) groups excluding carboxylic acids is 2. The summed E-state index contributed by atoms with van der Waals surface area (Å²) in [6.07, 6.45) is 7.25. The molecule has 10 atom stereocenters. The Kier molecular flexibility index (Phi) is 9.03. The average molecular weight is 532 g/mol. The SMILES string of the molecule is [C-]#[N+]C1=C[C@@]2(C)[C@@H](CC1=O)C[C@@H](OCOC)[C@@H]1[C@@H]2C[C@H](OCOC)[C@]2(C)[C@@H]([C@H](C)CCC(=O)OC)CC[C@@H]12. The Balaban J connectivity index is 1.74. The Bertz CT molecular complexity index is 959. The van der Waals surface area contributed by atoms with Crippen LogP contribution in [0.2, 0.25) is 0 Å². The topological polar surface area (TPSA) is 84.7 Å². The molecule has 0 heterocycles. The van der Waals surface area contributed by atoms with Gasteiger partial charge in [0.05, 0.1) is 25.9 Å². The van der Waals surface area contributed by atoms with Gasteiger partial charge in [-0.1, -0.05) is 26.8 Å². The van der Waals surface area contributed by atoms with Crippen LogP contribution in [-0.2, 0) is 33.3 Å². The minimum atomic E-state index is -0.282. The van der Waals surface area contributed by atoms with Crippen LogP contribution in [-0.4, -0.2) is 58.9 Å². The molecule has 0 aromatic heterocycles. The zero-order valence-electron chi connectivity index (χ0n) is 23.9. The first-order chi connectivity index (χ1) is 18.1. The van der Waals surface area contributed by atoms with Gasteiger partial charge in [0.2, 0.25) is 5.70 Å². The molecule has 212 valence electrons. The van der Waals surface area contributed by atoms with Crippen molar-refractivity contribution < 1.29 is 33.3 Å². The molecule has 0 aromatic rings. The summed E-state index contributed by atoms with van der Waals surface area (Å²) in [6, 6.07) is 0. The highest BCUT2D eigenvalue weighted by molar-refractivity contribution is 5.98. The monoisotopic (exact) mass is 531 g/mol. The van der Waals surface area contributed by atoms with Gasteiger partial charge in [0.1, 0.15) is 13.6 Å². The molecule has 4 aliphatic carbocycles. The van der Waals surface area contributed by atoms with Crippen molar-refractivity contribution in [3.05, 3.63) is 23.2 Å². The van der Waals surface area contributed by atoms with E-state index in [-0.39, 0.29) is 71.8 Å². The van der Waals surface area contributed by atoms with Crippen molar-refractivity contribution >= 4 is 11.8 Å². The summed E-state index contributed by atoms with van der Waals surface area (Å²) < 4.78 is 28.6. The van der Waals surface area contributed by atoms with Crippen LogP contribution in [0.1, 0.15) is 65.7 Å². The highest BCUT2D eigenvalue weighted by atomic mass is 16.7. The lowest BCUT2D eigenvalue weighted by molar-refractivity contribution is -0.233. The van der Waals surface area contributed by atoms with Gasteiger partial charge in [-0.2, -0.15) is 0 Å². The number of ether oxygens (including phenoxy) is 5. The van der Waals surface area contributed by atoms with E-state index < -0.39 is 0 Å². The second kappa shape index (κ2) is 11.8. The second-order valence-electron chi connectivity index (χ2n) is 12.4. The lowest BCUT2D eigenvalue weighted by Crippen LogP contribution is -2.62. The average Bonchev–Trinajstić information content (AvgIpc) is 3.27. The molecule has 0 spiro atoms. The van der Waals surface area contributed by atoms with Crippen molar-refractivity contribution in [3.8, 4) is 0 Å². The van der Waals surface area contributed by atoms with Crippen LogP contribution in [0.25, 0.3) is 4.85 Å². The molecule has 0 bridgehead atoms. The van der Waals surface area contributed by atoms with Gasteiger partial charge in [0.25, 0.3) is 0 Å². The first kappa shape index (κ1) is 29.2.